The third-order valence-electron chi connectivity index (χ3n) is 3.96. The van der Waals surface area contributed by atoms with Crippen LogP contribution < -0.4 is 11.1 Å². The molecule has 0 unspecified atom stereocenters. The molecule has 1 aromatic heterocycles. The van der Waals surface area contributed by atoms with Crippen molar-refractivity contribution >= 4 is 27.5 Å². The Bertz CT molecular complexity index is 795. The van der Waals surface area contributed by atoms with Crippen LogP contribution in [0.4, 0.5) is 5.69 Å². The van der Waals surface area contributed by atoms with Crippen molar-refractivity contribution in [2.45, 2.75) is 13.1 Å². The Morgan fingerprint density at radius 2 is 1.86 bits per heavy atom. The van der Waals surface area contributed by atoms with E-state index in [1.165, 1.54) is 0 Å². The summed E-state index contributed by atoms with van der Waals surface area (Å²) >= 11 is 0. The fourth-order valence-electron chi connectivity index (χ4n) is 3.06. The Morgan fingerprint density at radius 1 is 1.05 bits per heavy atom. The molecule has 22 heavy (non-hydrogen) atoms. The van der Waals surface area contributed by atoms with E-state index in [4.69, 9.17) is 10.8 Å². The second kappa shape index (κ2) is 6.36. The first-order valence-electron chi connectivity index (χ1n) is 7.48. The minimum atomic E-state index is 0.0696. The summed E-state index contributed by atoms with van der Waals surface area (Å²) < 4.78 is 2.08. The quantitative estimate of drug-likeness (QED) is 0.410. The largest absolute Gasteiger partial charge is 0.397 e. The lowest BCUT2D eigenvalue weighted by molar-refractivity contribution is 0.280. The molecule has 3 aromatic rings. The number of benzene rings is 2. The first-order valence-corrected chi connectivity index (χ1v) is 7.48. The average molecular weight is 299 g/mol. The number of aromatic nitrogens is 1. The number of nitrogens with zero attached hydrogens (tertiary/aromatic N) is 1. The van der Waals surface area contributed by atoms with Crippen LogP contribution >= 0.6 is 0 Å². The van der Waals surface area contributed by atoms with Gasteiger partial charge in [0.2, 0.25) is 0 Å². The van der Waals surface area contributed by atoms with E-state index < -0.39 is 0 Å². The van der Waals surface area contributed by atoms with E-state index in [0.717, 1.165) is 27.4 Å². The van der Waals surface area contributed by atoms with Gasteiger partial charge in [0.25, 0.3) is 0 Å². The van der Waals surface area contributed by atoms with E-state index in [2.05, 4.69) is 22.0 Å². The molecular formula is C17H21N3O2. The van der Waals surface area contributed by atoms with E-state index in [1.807, 2.05) is 24.3 Å². The van der Waals surface area contributed by atoms with Crippen LogP contribution in [-0.2, 0) is 13.1 Å². The average Bonchev–Trinajstić information content (AvgIpc) is 2.86. The molecule has 0 amide bonds. The molecule has 0 saturated carbocycles. The number of nitrogen functional groups attached to an aromatic ring is 1. The Hall–Kier alpha value is -2.08. The molecule has 0 fully saturated rings. The molecule has 116 valence electrons. The first-order chi connectivity index (χ1) is 10.8. The monoisotopic (exact) mass is 299 g/mol. The second-order valence-electron chi connectivity index (χ2n) is 5.33. The van der Waals surface area contributed by atoms with E-state index >= 15 is 0 Å². The molecule has 1 heterocycles. The fraction of sp³-hybridized carbons (Fsp3) is 0.294. The number of hydrogen-bond acceptors (Lipinski definition) is 4. The molecule has 0 aliphatic rings. The van der Waals surface area contributed by atoms with Gasteiger partial charge in [0.05, 0.1) is 24.4 Å². The summed E-state index contributed by atoms with van der Waals surface area (Å²) in [6.07, 6.45) is 0. The Kier molecular flexibility index (Phi) is 4.29. The second-order valence-corrected chi connectivity index (χ2v) is 5.33. The number of nitrogens with two attached hydrogens (primary N) is 1. The lowest BCUT2D eigenvalue weighted by atomic mass is 10.1. The highest BCUT2D eigenvalue weighted by atomic mass is 16.3. The van der Waals surface area contributed by atoms with Crippen molar-refractivity contribution in [2.75, 3.05) is 25.5 Å². The number of rotatable bonds is 6. The number of nitrogens with one attached hydrogen (secondary N) is 1. The van der Waals surface area contributed by atoms with E-state index in [9.17, 15) is 5.11 Å². The van der Waals surface area contributed by atoms with Gasteiger partial charge in [-0.15, -0.1) is 0 Å². The van der Waals surface area contributed by atoms with Crippen LogP contribution in [0.1, 0.15) is 5.56 Å². The van der Waals surface area contributed by atoms with Crippen molar-refractivity contribution in [3.05, 3.63) is 42.0 Å². The zero-order valence-corrected chi connectivity index (χ0v) is 12.4. The molecule has 0 aliphatic heterocycles. The maximum atomic E-state index is 9.39. The van der Waals surface area contributed by atoms with Gasteiger partial charge in [-0.2, -0.15) is 0 Å². The number of hydrogen-bond donors (Lipinski definition) is 4. The molecule has 5 heteroatoms. The molecule has 0 saturated heterocycles. The summed E-state index contributed by atoms with van der Waals surface area (Å²) in [5.41, 5.74) is 10.1. The van der Waals surface area contributed by atoms with Crippen LogP contribution in [0.5, 0.6) is 0 Å². The van der Waals surface area contributed by atoms with Crippen LogP contribution in [0.2, 0.25) is 0 Å². The molecule has 0 atom stereocenters. The minimum absolute atomic E-state index is 0.0696. The minimum Gasteiger partial charge on any atom is -0.397 e. The van der Waals surface area contributed by atoms with Crippen LogP contribution in [0.25, 0.3) is 21.8 Å². The zero-order valence-electron chi connectivity index (χ0n) is 12.4. The van der Waals surface area contributed by atoms with Crippen LogP contribution in [0, 0.1) is 0 Å². The summed E-state index contributed by atoms with van der Waals surface area (Å²) in [4.78, 5) is 0. The van der Waals surface area contributed by atoms with Gasteiger partial charge in [-0.1, -0.05) is 24.3 Å². The molecular weight excluding hydrogens is 278 g/mol. The number of anilines is 1. The summed E-state index contributed by atoms with van der Waals surface area (Å²) in [7, 11) is 0. The van der Waals surface area contributed by atoms with Crippen molar-refractivity contribution in [3.63, 3.8) is 0 Å². The summed E-state index contributed by atoms with van der Waals surface area (Å²) in [6.45, 7) is 1.93. The van der Waals surface area contributed by atoms with Gasteiger partial charge in [-0.3, -0.25) is 0 Å². The van der Waals surface area contributed by atoms with Crippen molar-refractivity contribution in [2.24, 2.45) is 0 Å². The third kappa shape index (κ3) is 2.43. The van der Waals surface area contributed by atoms with Gasteiger partial charge in [0, 0.05) is 35.9 Å². The number of para-hydroxylation sites is 1. The predicted octanol–water partition coefficient (Wildman–Crippen LogP) is 1.45. The molecule has 0 spiro atoms. The van der Waals surface area contributed by atoms with E-state index in [1.54, 1.807) is 0 Å². The summed E-state index contributed by atoms with van der Waals surface area (Å²) in [6, 6.07) is 12.1. The van der Waals surface area contributed by atoms with Crippen LogP contribution in [0.3, 0.4) is 0 Å². The molecule has 5 nitrogen and oxygen atoms in total. The Morgan fingerprint density at radius 3 is 2.64 bits per heavy atom. The highest BCUT2D eigenvalue weighted by molar-refractivity contribution is 6.13. The lowest BCUT2D eigenvalue weighted by Crippen LogP contribution is -2.17. The van der Waals surface area contributed by atoms with Gasteiger partial charge in [-0.05, 0) is 17.7 Å². The zero-order chi connectivity index (χ0) is 15.5. The molecule has 2 aromatic carbocycles. The van der Waals surface area contributed by atoms with Gasteiger partial charge in [-0.25, -0.2) is 0 Å². The molecule has 0 aliphatic carbocycles. The number of fused-ring (bicyclic) bond motifs is 3. The van der Waals surface area contributed by atoms with Gasteiger partial charge in [0.15, 0.2) is 0 Å². The van der Waals surface area contributed by atoms with Crippen molar-refractivity contribution < 1.29 is 10.2 Å². The summed E-state index contributed by atoms with van der Waals surface area (Å²) in [5, 5.41) is 23.8. The normalized spacial score (nSPS) is 11.5. The number of aliphatic hydroxyl groups excluding tert-OH is 2. The van der Waals surface area contributed by atoms with Gasteiger partial charge in [0.1, 0.15) is 0 Å². The van der Waals surface area contributed by atoms with Crippen LogP contribution in [-0.4, -0.2) is 34.5 Å². The third-order valence-corrected chi connectivity index (χ3v) is 3.96. The molecule has 3 rings (SSSR count). The van der Waals surface area contributed by atoms with Crippen LogP contribution in [0.15, 0.2) is 36.4 Å². The van der Waals surface area contributed by atoms with Crippen molar-refractivity contribution in [1.29, 1.82) is 0 Å². The van der Waals surface area contributed by atoms with E-state index in [0.29, 0.717) is 25.3 Å². The topological polar surface area (TPSA) is 83.4 Å². The highest BCUT2D eigenvalue weighted by Gasteiger charge is 2.15. The maximum Gasteiger partial charge on any atom is 0.0729 e. The Labute approximate surface area is 129 Å². The van der Waals surface area contributed by atoms with Gasteiger partial charge < -0.3 is 25.8 Å². The van der Waals surface area contributed by atoms with Crippen molar-refractivity contribution in [3.8, 4) is 0 Å². The standard InChI is InChI=1S/C17H21N3O2/c18-14-6-5-12(11-19-7-9-21)16-13-3-1-2-4-15(13)20(8-10-22)17(14)16/h1-6,19,21-22H,7-11,18H2. The first kappa shape index (κ1) is 14.8. The fourth-order valence-corrected chi connectivity index (χ4v) is 3.06. The maximum absolute atomic E-state index is 9.39. The highest BCUT2D eigenvalue weighted by Crippen LogP contribution is 2.34. The van der Waals surface area contributed by atoms with E-state index in [-0.39, 0.29) is 13.2 Å². The summed E-state index contributed by atoms with van der Waals surface area (Å²) in [5.74, 6) is 0. The molecule has 5 N–H and O–H groups in total. The number of aliphatic hydroxyl groups is 2. The Balaban J connectivity index is 2.26. The SMILES string of the molecule is Nc1ccc(CNCCO)c2c3ccccc3n(CCO)c12. The lowest BCUT2D eigenvalue weighted by Gasteiger charge is -2.10. The van der Waals surface area contributed by atoms with Crippen molar-refractivity contribution in [1.82, 2.24) is 9.88 Å². The molecule has 0 radical (unpaired) electrons. The smallest absolute Gasteiger partial charge is 0.0729 e. The van der Waals surface area contributed by atoms with Gasteiger partial charge >= 0.3 is 0 Å². The molecule has 0 bridgehead atoms. The predicted molar refractivity (Wildman–Crippen MR) is 89.7 cm³/mol.